The van der Waals surface area contributed by atoms with Crippen LogP contribution in [0.3, 0.4) is 0 Å². The fourth-order valence-corrected chi connectivity index (χ4v) is 4.46. The lowest BCUT2D eigenvalue weighted by atomic mass is 9.84. The fraction of sp³-hybridized carbons (Fsp3) is 0.290. The van der Waals surface area contributed by atoms with E-state index in [1.165, 1.54) is 11.1 Å². The van der Waals surface area contributed by atoms with Crippen molar-refractivity contribution in [2.75, 3.05) is 34.5 Å². The van der Waals surface area contributed by atoms with Gasteiger partial charge in [-0.05, 0) is 65.6 Å². The number of furan rings is 1. The molecule has 1 heterocycles. The van der Waals surface area contributed by atoms with E-state index in [1.807, 2.05) is 60.7 Å². The fourth-order valence-electron chi connectivity index (χ4n) is 4.46. The minimum Gasteiger partial charge on any atom is -0.497 e. The average molecular weight is 502 g/mol. The Hall–Kier alpha value is -3.58. The molecule has 0 aliphatic carbocycles. The van der Waals surface area contributed by atoms with E-state index in [-0.39, 0.29) is 0 Å². The molecule has 0 fully saturated rings. The minimum atomic E-state index is -1.50. The highest BCUT2D eigenvalue weighted by atomic mass is 16.5. The van der Waals surface area contributed by atoms with Crippen molar-refractivity contribution >= 4 is 0 Å². The number of rotatable bonds is 12. The topological polar surface area (TPSA) is 64.3 Å². The lowest BCUT2D eigenvalue weighted by molar-refractivity contribution is 0.0931. The molecule has 0 spiro atoms. The van der Waals surface area contributed by atoms with Crippen molar-refractivity contribution in [2.45, 2.75) is 25.6 Å². The summed E-state index contributed by atoms with van der Waals surface area (Å²) < 4.78 is 22.4. The molecule has 4 rings (SSSR count). The van der Waals surface area contributed by atoms with Gasteiger partial charge in [0.1, 0.15) is 23.0 Å². The molecule has 6 nitrogen and oxygen atoms in total. The molecule has 0 unspecified atom stereocenters. The van der Waals surface area contributed by atoms with Gasteiger partial charge in [-0.2, -0.15) is 0 Å². The highest BCUT2D eigenvalue weighted by Crippen LogP contribution is 2.39. The Morgan fingerprint density at radius 2 is 1.35 bits per heavy atom. The molecule has 1 aromatic heterocycles. The zero-order valence-electron chi connectivity index (χ0n) is 21.9. The number of hydrogen-bond donors (Lipinski definition) is 1. The standard InChI is InChI=1S/C31H35NO5/c1-23-7-5-6-8-24(23)21-32(19-20-34-2)22-29-17-18-30(37-29)31(33,25-9-13-27(35-3)14-10-25)26-11-15-28(36-4)16-12-26/h5-18,33H,19-22H2,1-4H3. The summed E-state index contributed by atoms with van der Waals surface area (Å²) in [5.41, 5.74) is 2.37. The molecule has 0 bridgehead atoms. The summed E-state index contributed by atoms with van der Waals surface area (Å²) in [6, 6.07) is 26.9. The first kappa shape index (κ1) is 26.5. The van der Waals surface area contributed by atoms with Gasteiger partial charge in [0.05, 0.1) is 27.4 Å². The predicted octanol–water partition coefficient (Wildman–Crippen LogP) is 5.54. The van der Waals surface area contributed by atoms with Crippen LogP contribution >= 0.6 is 0 Å². The third kappa shape index (κ3) is 6.05. The Morgan fingerprint density at radius 1 is 0.757 bits per heavy atom. The summed E-state index contributed by atoms with van der Waals surface area (Å²) >= 11 is 0. The third-order valence-electron chi connectivity index (χ3n) is 6.68. The van der Waals surface area contributed by atoms with E-state index in [4.69, 9.17) is 18.6 Å². The first-order valence-corrected chi connectivity index (χ1v) is 12.3. The molecule has 194 valence electrons. The molecular formula is C31H35NO5. The first-order valence-electron chi connectivity index (χ1n) is 12.3. The van der Waals surface area contributed by atoms with Crippen molar-refractivity contribution in [1.29, 1.82) is 0 Å². The van der Waals surface area contributed by atoms with Crippen LogP contribution in [0.5, 0.6) is 11.5 Å². The third-order valence-corrected chi connectivity index (χ3v) is 6.68. The number of aliphatic hydroxyl groups is 1. The minimum absolute atomic E-state index is 0.445. The Bertz CT molecular complexity index is 1220. The molecule has 0 aliphatic rings. The summed E-state index contributed by atoms with van der Waals surface area (Å²) in [6.07, 6.45) is 0. The molecule has 4 aromatic rings. The number of nitrogens with zero attached hydrogens (tertiary/aromatic N) is 1. The molecule has 0 saturated heterocycles. The van der Waals surface area contributed by atoms with E-state index in [1.54, 1.807) is 21.3 Å². The molecule has 3 aromatic carbocycles. The molecular weight excluding hydrogens is 466 g/mol. The predicted molar refractivity (Wildman–Crippen MR) is 144 cm³/mol. The molecule has 0 aliphatic heterocycles. The van der Waals surface area contributed by atoms with Crippen LogP contribution < -0.4 is 9.47 Å². The van der Waals surface area contributed by atoms with Gasteiger partial charge in [0, 0.05) is 20.2 Å². The lowest BCUT2D eigenvalue weighted by Crippen LogP contribution is -2.28. The highest BCUT2D eigenvalue weighted by Gasteiger charge is 2.37. The molecule has 0 saturated carbocycles. The second kappa shape index (κ2) is 12.1. The normalized spacial score (nSPS) is 11.6. The number of benzene rings is 3. The number of aryl methyl sites for hydroxylation is 1. The summed E-state index contributed by atoms with van der Waals surface area (Å²) in [4.78, 5) is 2.29. The van der Waals surface area contributed by atoms with E-state index in [2.05, 4.69) is 36.1 Å². The van der Waals surface area contributed by atoms with Crippen molar-refractivity contribution in [3.63, 3.8) is 0 Å². The van der Waals surface area contributed by atoms with Gasteiger partial charge in [-0.3, -0.25) is 4.90 Å². The number of ether oxygens (including phenoxy) is 3. The van der Waals surface area contributed by atoms with Crippen LogP contribution in [0.2, 0.25) is 0 Å². The SMILES string of the molecule is COCCN(Cc1ccc(C(O)(c2ccc(OC)cc2)c2ccc(OC)cc2)o1)Cc1ccccc1C. The molecule has 0 radical (unpaired) electrons. The van der Waals surface area contributed by atoms with Gasteiger partial charge in [-0.1, -0.05) is 48.5 Å². The van der Waals surface area contributed by atoms with Crippen molar-refractivity contribution in [2.24, 2.45) is 0 Å². The van der Waals surface area contributed by atoms with Gasteiger partial charge < -0.3 is 23.7 Å². The summed E-state index contributed by atoms with van der Waals surface area (Å²) in [6.45, 7) is 4.84. The summed E-state index contributed by atoms with van der Waals surface area (Å²) in [7, 11) is 4.95. The Kier molecular flexibility index (Phi) is 8.66. The van der Waals surface area contributed by atoms with E-state index in [0.717, 1.165) is 18.8 Å². The summed E-state index contributed by atoms with van der Waals surface area (Å²) in [5.74, 6) is 2.64. The molecule has 6 heteroatoms. The van der Waals surface area contributed by atoms with Crippen LogP contribution in [0.1, 0.15) is 33.8 Å². The maximum absolute atomic E-state index is 12.2. The zero-order valence-corrected chi connectivity index (χ0v) is 21.9. The van der Waals surface area contributed by atoms with Crippen molar-refractivity contribution < 1.29 is 23.7 Å². The van der Waals surface area contributed by atoms with Crippen LogP contribution in [0, 0.1) is 6.92 Å². The van der Waals surface area contributed by atoms with Gasteiger partial charge in [-0.15, -0.1) is 0 Å². The van der Waals surface area contributed by atoms with Gasteiger partial charge in [0.15, 0.2) is 5.60 Å². The Labute approximate surface area is 219 Å². The molecule has 0 amide bonds. The Morgan fingerprint density at radius 3 is 1.89 bits per heavy atom. The summed E-state index contributed by atoms with van der Waals surface area (Å²) in [5, 5.41) is 12.2. The monoisotopic (exact) mass is 501 g/mol. The molecule has 0 atom stereocenters. The van der Waals surface area contributed by atoms with Crippen LogP contribution in [0.4, 0.5) is 0 Å². The maximum Gasteiger partial charge on any atom is 0.173 e. The van der Waals surface area contributed by atoms with Gasteiger partial charge in [0.25, 0.3) is 0 Å². The van der Waals surface area contributed by atoms with Crippen molar-refractivity contribution in [1.82, 2.24) is 4.90 Å². The van der Waals surface area contributed by atoms with Crippen LogP contribution in [-0.4, -0.2) is 44.5 Å². The second-order valence-corrected chi connectivity index (χ2v) is 9.06. The second-order valence-electron chi connectivity index (χ2n) is 9.06. The van der Waals surface area contributed by atoms with Crippen LogP contribution in [-0.2, 0) is 23.4 Å². The maximum atomic E-state index is 12.2. The number of methoxy groups -OCH3 is 3. The van der Waals surface area contributed by atoms with Gasteiger partial charge in [0.2, 0.25) is 0 Å². The highest BCUT2D eigenvalue weighted by molar-refractivity contribution is 5.46. The number of hydrogen-bond acceptors (Lipinski definition) is 6. The van der Waals surface area contributed by atoms with Crippen LogP contribution in [0.25, 0.3) is 0 Å². The van der Waals surface area contributed by atoms with E-state index < -0.39 is 5.60 Å². The average Bonchev–Trinajstić information content (AvgIpc) is 3.41. The Balaban J connectivity index is 1.66. The largest absolute Gasteiger partial charge is 0.497 e. The van der Waals surface area contributed by atoms with Gasteiger partial charge >= 0.3 is 0 Å². The van der Waals surface area contributed by atoms with E-state index in [0.29, 0.717) is 41.5 Å². The molecule has 37 heavy (non-hydrogen) atoms. The van der Waals surface area contributed by atoms with Crippen molar-refractivity contribution in [3.8, 4) is 11.5 Å². The smallest absolute Gasteiger partial charge is 0.173 e. The lowest BCUT2D eigenvalue weighted by Gasteiger charge is -2.28. The first-order chi connectivity index (χ1) is 18.0. The van der Waals surface area contributed by atoms with Gasteiger partial charge in [-0.25, -0.2) is 0 Å². The zero-order chi connectivity index (χ0) is 26.3. The molecule has 1 N–H and O–H groups in total. The van der Waals surface area contributed by atoms with Crippen molar-refractivity contribution in [3.05, 3.63) is 119 Å². The quantitative estimate of drug-likeness (QED) is 0.275. The van der Waals surface area contributed by atoms with E-state index >= 15 is 0 Å². The van der Waals surface area contributed by atoms with Crippen LogP contribution in [0.15, 0.2) is 89.3 Å². The van der Waals surface area contributed by atoms with E-state index in [9.17, 15) is 5.11 Å².